The summed E-state index contributed by atoms with van der Waals surface area (Å²) in [6, 6.07) is 16.0. The van der Waals surface area contributed by atoms with Gasteiger partial charge >= 0.3 is 0 Å². The van der Waals surface area contributed by atoms with Crippen LogP contribution in [0.15, 0.2) is 53.0 Å². The van der Waals surface area contributed by atoms with Crippen molar-refractivity contribution in [3.05, 3.63) is 64.3 Å². The lowest BCUT2D eigenvalue weighted by atomic mass is 10.2. The summed E-state index contributed by atoms with van der Waals surface area (Å²) in [5.74, 6) is 2.26. The van der Waals surface area contributed by atoms with E-state index in [0.717, 1.165) is 21.1 Å². The van der Waals surface area contributed by atoms with Crippen molar-refractivity contribution in [1.82, 2.24) is 4.98 Å². The summed E-state index contributed by atoms with van der Waals surface area (Å²) in [4.78, 5) is 15.7. The lowest BCUT2D eigenvalue weighted by Gasteiger charge is -2.10. The van der Waals surface area contributed by atoms with E-state index in [-0.39, 0.29) is 5.91 Å². The third-order valence-corrected chi connectivity index (χ3v) is 7.47. The number of hydrogen-bond acceptors (Lipinski definition) is 3. The topological polar surface area (TPSA) is 44.9 Å². The van der Waals surface area contributed by atoms with Gasteiger partial charge in [0, 0.05) is 32.6 Å². The number of rotatable bonds is 3. The van der Waals surface area contributed by atoms with Gasteiger partial charge in [-0.25, -0.2) is 0 Å². The van der Waals surface area contributed by atoms with Crippen LogP contribution in [0.2, 0.25) is 0 Å². The number of halogens is 1. The second-order valence-corrected chi connectivity index (χ2v) is 9.21. The Morgan fingerprint density at radius 2 is 1.96 bits per heavy atom. The van der Waals surface area contributed by atoms with Gasteiger partial charge in [0.2, 0.25) is 0 Å². The number of anilines is 1. The van der Waals surface area contributed by atoms with E-state index >= 15 is 0 Å². The summed E-state index contributed by atoms with van der Waals surface area (Å²) >= 11 is 7.37. The van der Waals surface area contributed by atoms with E-state index < -0.39 is 0 Å². The van der Waals surface area contributed by atoms with Crippen molar-refractivity contribution in [2.45, 2.75) is 4.58 Å². The molecule has 1 aliphatic heterocycles. The highest BCUT2D eigenvalue weighted by molar-refractivity contribution is 9.10. The number of H-pyrrole nitrogens is 1. The van der Waals surface area contributed by atoms with Gasteiger partial charge in [-0.2, -0.15) is 0 Å². The van der Waals surface area contributed by atoms with Crippen LogP contribution in [0.25, 0.3) is 10.9 Å². The van der Waals surface area contributed by atoms with Crippen LogP contribution >= 0.6 is 39.5 Å². The third kappa shape index (κ3) is 3.36. The van der Waals surface area contributed by atoms with E-state index in [4.69, 9.17) is 0 Å². The maximum absolute atomic E-state index is 12.5. The standard InChI is InChI=1S/C18H15BrN2OS2/c19-13-5-4-11-9-16(21-15(11)10-13)17(22)20-14-3-1-2-12(8-14)18-23-6-7-24-18/h1-5,8-10,18,21H,6-7H2,(H,20,22). The van der Waals surface area contributed by atoms with Crippen molar-refractivity contribution in [2.75, 3.05) is 16.8 Å². The van der Waals surface area contributed by atoms with Gasteiger partial charge < -0.3 is 10.3 Å². The first-order valence-electron chi connectivity index (χ1n) is 7.62. The van der Waals surface area contributed by atoms with Crippen LogP contribution in [0, 0.1) is 0 Å². The Morgan fingerprint density at radius 1 is 1.12 bits per heavy atom. The van der Waals surface area contributed by atoms with E-state index in [9.17, 15) is 4.79 Å². The molecule has 122 valence electrons. The molecule has 4 rings (SSSR count). The fraction of sp³-hybridized carbons (Fsp3) is 0.167. The average molecular weight is 419 g/mol. The number of carbonyl (C=O) groups excluding carboxylic acids is 1. The molecule has 2 heterocycles. The summed E-state index contributed by atoms with van der Waals surface area (Å²) in [5, 5.41) is 4.02. The largest absolute Gasteiger partial charge is 0.350 e. The number of hydrogen-bond donors (Lipinski definition) is 2. The Labute approximate surface area is 157 Å². The van der Waals surface area contributed by atoms with E-state index in [1.807, 2.05) is 59.9 Å². The third-order valence-electron chi connectivity index (χ3n) is 3.87. The molecular formula is C18H15BrN2OS2. The fourth-order valence-electron chi connectivity index (χ4n) is 2.73. The monoisotopic (exact) mass is 418 g/mol. The first-order chi connectivity index (χ1) is 11.7. The quantitative estimate of drug-likeness (QED) is 0.576. The second kappa shape index (κ2) is 6.86. The van der Waals surface area contributed by atoms with Crippen LogP contribution in [-0.2, 0) is 0 Å². The minimum Gasteiger partial charge on any atom is -0.350 e. The summed E-state index contributed by atoms with van der Waals surface area (Å²) in [6.07, 6.45) is 0. The first kappa shape index (κ1) is 16.1. The number of aromatic nitrogens is 1. The zero-order valence-electron chi connectivity index (χ0n) is 12.7. The molecule has 0 bridgehead atoms. The maximum Gasteiger partial charge on any atom is 0.272 e. The highest BCUT2D eigenvalue weighted by Crippen LogP contribution is 2.45. The SMILES string of the molecule is O=C(Nc1cccc(C2SCCS2)c1)c1cc2ccc(Br)cc2[nH]1. The number of benzene rings is 2. The number of thioether (sulfide) groups is 2. The maximum atomic E-state index is 12.5. The molecule has 0 atom stereocenters. The van der Waals surface area contributed by atoms with Crippen LogP contribution < -0.4 is 5.32 Å². The van der Waals surface area contributed by atoms with Crippen LogP contribution in [0.3, 0.4) is 0 Å². The van der Waals surface area contributed by atoms with Gasteiger partial charge in [-0.1, -0.05) is 34.1 Å². The summed E-state index contributed by atoms with van der Waals surface area (Å²) in [5.41, 5.74) is 3.62. The molecule has 1 aromatic heterocycles. The number of carbonyl (C=O) groups is 1. The molecule has 24 heavy (non-hydrogen) atoms. The average Bonchev–Trinajstić information content (AvgIpc) is 3.24. The van der Waals surface area contributed by atoms with Crippen molar-refractivity contribution in [1.29, 1.82) is 0 Å². The summed E-state index contributed by atoms with van der Waals surface area (Å²) in [6.45, 7) is 0. The minimum absolute atomic E-state index is 0.119. The molecule has 0 radical (unpaired) electrons. The molecule has 0 unspecified atom stereocenters. The molecule has 0 spiro atoms. The molecule has 2 aromatic carbocycles. The highest BCUT2D eigenvalue weighted by Gasteiger charge is 2.18. The van der Waals surface area contributed by atoms with Gasteiger partial charge in [0.05, 0.1) is 4.58 Å². The molecule has 3 nitrogen and oxygen atoms in total. The molecule has 1 fully saturated rings. The predicted octanol–water partition coefficient (Wildman–Crippen LogP) is 5.66. The van der Waals surface area contributed by atoms with Gasteiger partial charge in [0.1, 0.15) is 5.69 Å². The highest BCUT2D eigenvalue weighted by atomic mass is 79.9. The number of fused-ring (bicyclic) bond motifs is 1. The van der Waals surface area contributed by atoms with E-state index in [2.05, 4.69) is 38.4 Å². The van der Waals surface area contributed by atoms with Crippen LogP contribution in [0.4, 0.5) is 5.69 Å². The van der Waals surface area contributed by atoms with Gasteiger partial charge in [-0.3, -0.25) is 4.79 Å². The molecule has 1 amide bonds. The van der Waals surface area contributed by atoms with E-state index in [1.165, 1.54) is 17.1 Å². The number of amides is 1. The van der Waals surface area contributed by atoms with Gasteiger partial charge in [-0.05, 0) is 35.9 Å². The lowest BCUT2D eigenvalue weighted by molar-refractivity contribution is 0.102. The Hall–Kier alpha value is -1.37. The van der Waals surface area contributed by atoms with Crippen LogP contribution in [-0.4, -0.2) is 22.4 Å². The Kier molecular flexibility index (Phi) is 4.61. The molecule has 0 saturated carbocycles. The summed E-state index contributed by atoms with van der Waals surface area (Å²) < 4.78 is 1.47. The zero-order valence-corrected chi connectivity index (χ0v) is 15.9. The normalized spacial score (nSPS) is 15.0. The lowest BCUT2D eigenvalue weighted by Crippen LogP contribution is -2.12. The number of aromatic amines is 1. The smallest absolute Gasteiger partial charge is 0.272 e. The number of nitrogens with one attached hydrogen (secondary N) is 2. The molecule has 1 aliphatic rings. The Morgan fingerprint density at radius 3 is 2.79 bits per heavy atom. The van der Waals surface area contributed by atoms with E-state index in [1.54, 1.807) is 0 Å². The van der Waals surface area contributed by atoms with E-state index in [0.29, 0.717) is 10.3 Å². The molecule has 1 saturated heterocycles. The van der Waals surface area contributed by atoms with Crippen molar-refractivity contribution < 1.29 is 4.79 Å². The first-order valence-corrected chi connectivity index (χ1v) is 10.5. The van der Waals surface area contributed by atoms with Crippen molar-refractivity contribution in [3.63, 3.8) is 0 Å². The Bertz CT molecular complexity index is 903. The summed E-state index contributed by atoms with van der Waals surface area (Å²) in [7, 11) is 0. The van der Waals surface area contributed by atoms with Gasteiger partial charge in [-0.15, -0.1) is 23.5 Å². The minimum atomic E-state index is -0.119. The van der Waals surface area contributed by atoms with Crippen molar-refractivity contribution >= 4 is 62.0 Å². The molecule has 6 heteroatoms. The molecule has 3 aromatic rings. The molecule has 0 aliphatic carbocycles. The second-order valence-electron chi connectivity index (χ2n) is 5.57. The van der Waals surface area contributed by atoms with Crippen molar-refractivity contribution in [2.24, 2.45) is 0 Å². The predicted molar refractivity (Wildman–Crippen MR) is 108 cm³/mol. The van der Waals surface area contributed by atoms with Gasteiger partial charge in [0.25, 0.3) is 5.91 Å². The molecule has 2 N–H and O–H groups in total. The zero-order chi connectivity index (χ0) is 16.5. The molecular weight excluding hydrogens is 404 g/mol. The van der Waals surface area contributed by atoms with Gasteiger partial charge in [0.15, 0.2) is 0 Å². The Balaban J connectivity index is 1.55. The van der Waals surface area contributed by atoms with Crippen LogP contribution in [0.5, 0.6) is 0 Å². The van der Waals surface area contributed by atoms with Crippen LogP contribution in [0.1, 0.15) is 20.6 Å². The van der Waals surface area contributed by atoms with Crippen molar-refractivity contribution in [3.8, 4) is 0 Å². The fourth-order valence-corrected chi connectivity index (χ4v) is 5.93.